The molecular formula is C11H23NO2. The number of hydrogen-bond acceptors (Lipinski definition) is 3. The second-order valence-electron chi connectivity index (χ2n) is 4.30. The van der Waals surface area contributed by atoms with Crippen LogP contribution in [0.2, 0.25) is 0 Å². The Morgan fingerprint density at radius 2 is 2.07 bits per heavy atom. The average molecular weight is 201 g/mol. The zero-order valence-electron chi connectivity index (χ0n) is 9.58. The zero-order chi connectivity index (χ0) is 10.4. The van der Waals surface area contributed by atoms with Crippen LogP contribution in [0.4, 0.5) is 0 Å². The van der Waals surface area contributed by atoms with Crippen LogP contribution in [-0.4, -0.2) is 38.0 Å². The van der Waals surface area contributed by atoms with E-state index in [1.54, 1.807) is 0 Å². The van der Waals surface area contributed by atoms with Crippen molar-refractivity contribution in [1.29, 1.82) is 0 Å². The lowest BCUT2D eigenvalue weighted by molar-refractivity contribution is -0.0220. The summed E-state index contributed by atoms with van der Waals surface area (Å²) in [5.74, 6) is 0. The molecule has 1 N–H and O–H groups in total. The third-order valence-electron chi connectivity index (χ3n) is 2.50. The van der Waals surface area contributed by atoms with Crippen LogP contribution in [0, 0.1) is 0 Å². The van der Waals surface area contributed by atoms with Crippen molar-refractivity contribution in [2.45, 2.75) is 51.9 Å². The molecule has 1 fully saturated rings. The molecule has 0 spiro atoms. The number of ether oxygens (including phenoxy) is 2. The van der Waals surface area contributed by atoms with E-state index >= 15 is 0 Å². The quantitative estimate of drug-likeness (QED) is 0.685. The number of piperidine rings is 1. The zero-order valence-corrected chi connectivity index (χ0v) is 9.58. The summed E-state index contributed by atoms with van der Waals surface area (Å²) in [7, 11) is 0. The first-order valence-electron chi connectivity index (χ1n) is 5.65. The molecule has 0 aromatic rings. The van der Waals surface area contributed by atoms with Crippen LogP contribution in [-0.2, 0) is 9.47 Å². The molecule has 3 heteroatoms. The molecule has 1 heterocycles. The van der Waals surface area contributed by atoms with E-state index in [-0.39, 0.29) is 0 Å². The number of rotatable bonds is 5. The first kappa shape index (κ1) is 12.0. The number of hydrogen-bond donors (Lipinski definition) is 1. The molecule has 1 aliphatic rings. The standard InChI is InChI=1S/C11H23NO2/c1-9(2)13-6-7-14-11-5-4-10(3)12-8-11/h9-12H,4-8H2,1-3H3. The monoisotopic (exact) mass is 201 g/mol. The van der Waals surface area contributed by atoms with E-state index in [0.29, 0.717) is 24.9 Å². The summed E-state index contributed by atoms with van der Waals surface area (Å²) in [4.78, 5) is 0. The van der Waals surface area contributed by atoms with E-state index in [1.807, 2.05) is 13.8 Å². The summed E-state index contributed by atoms with van der Waals surface area (Å²) >= 11 is 0. The van der Waals surface area contributed by atoms with Crippen molar-refractivity contribution in [2.75, 3.05) is 19.8 Å². The molecule has 3 nitrogen and oxygen atoms in total. The Labute approximate surface area is 87.2 Å². The fourth-order valence-electron chi connectivity index (χ4n) is 1.61. The summed E-state index contributed by atoms with van der Waals surface area (Å²) < 4.78 is 11.1. The average Bonchev–Trinajstić information content (AvgIpc) is 2.15. The topological polar surface area (TPSA) is 30.5 Å². The molecule has 0 amide bonds. The largest absolute Gasteiger partial charge is 0.376 e. The first-order chi connectivity index (χ1) is 6.68. The van der Waals surface area contributed by atoms with Gasteiger partial charge in [0.2, 0.25) is 0 Å². The molecule has 14 heavy (non-hydrogen) atoms. The van der Waals surface area contributed by atoms with E-state index in [0.717, 1.165) is 13.2 Å². The van der Waals surface area contributed by atoms with Crippen molar-refractivity contribution in [3.8, 4) is 0 Å². The lowest BCUT2D eigenvalue weighted by Crippen LogP contribution is -2.41. The first-order valence-corrected chi connectivity index (χ1v) is 5.65. The molecular weight excluding hydrogens is 178 g/mol. The maximum Gasteiger partial charge on any atom is 0.0705 e. The Morgan fingerprint density at radius 3 is 2.64 bits per heavy atom. The fraction of sp³-hybridized carbons (Fsp3) is 1.00. The molecule has 84 valence electrons. The molecule has 2 unspecified atom stereocenters. The molecule has 0 bridgehead atoms. The van der Waals surface area contributed by atoms with Gasteiger partial charge >= 0.3 is 0 Å². The van der Waals surface area contributed by atoms with Crippen molar-refractivity contribution < 1.29 is 9.47 Å². The minimum absolute atomic E-state index is 0.308. The van der Waals surface area contributed by atoms with Crippen LogP contribution < -0.4 is 5.32 Å². The van der Waals surface area contributed by atoms with Gasteiger partial charge in [0.15, 0.2) is 0 Å². The smallest absolute Gasteiger partial charge is 0.0705 e. The van der Waals surface area contributed by atoms with E-state index in [2.05, 4.69) is 12.2 Å². The van der Waals surface area contributed by atoms with Crippen LogP contribution in [0.25, 0.3) is 0 Å². The Balaban J connectivity index is 1.96. The Morgan fingerprint density at radius 1 is 1.29 bits per heavy atom. The minimum Gasteiger partial charge on any atom is -0.376 e. The lowest BCUT2D eigenvalue weighted by Gasteiger charge is -2.27. The van der Waals surface area contributed by atoms with E-state index in [4.69, 9.17) is 9.47 Å². The Bertz CT molecular complexity index is 142. The summed E-state index contributed by atoms with van der Waals surface area (Å²) in [6.45, 7) is 8.73. The highest BCUT2D eigenvalue weighted by Gasteiger charge is 2.17. The second-order valence-corrected chi connectivity index (χ2v) is 4.30. The van der Waals surface area contributed by atoms with Gasteiger partial charge in [-0.3, -0.25) is 0 Å². The second kappa shape index (κ2) is 6.38. The highest BCUT2D eigenvalue weighted by atomic mass is 16.5. The molecule has 0 radical (unpaired) electrons. The van der Waals surface area contributed by atoms with Gasteiger partial charge in [0.05, 0.1) is 25.4 Å². The van der Waals surface area contributed by atoms with Crippen molar-refractivity contribution in [1.82, 2.24) is 5.32 Å². The molecule has 0 aliphatic carbocycles. The van der Waals surface area contributed by atoms with Crippen LogP contribution in [0.3, 0.4) is 0 Å². The van der Waals surface area contributed by atoms with Gasteiger partial charge in [0, 0.05) is 12.6 Å². The van der Waals surface area contributed by atoms with Gasteiger partial charge in [-0.15, -0.1) is 0 Å². The third-order valence-corrected chi connectivity index (χ3v) is 2.50. The van der Waals surface area contributed by atoms with Crippen LogP contribution in [0.15, 0.2) is 0 Å². The molecule has 1 aliphatic heterocycles. The summed E-state index contributed by atoms with van der Waals surface area (Å²) in [5.41, 5.74) is 0. The van der Waals surface area contributed by atoms with E-state index in [1.165, 1.54) is 12.8 Å². The molecule has 0 saturated carbocycles. The normalized spacial score (nSPS) is 28.3. The minimum atomic E-state index is 0.308. The molecule has 0 aromatic carbocycles. The van der Waals surface area contributed by atoms with Crippen molar-refractivity contribution in [2.24, 2.45) is 0 Å². The van der Waals surface area contributed by atoms with Gasteiger partial charge in [-0.05, 0) is 33.6 Å². The molecule has 1 saturated heterocycles. The summed E-state index contributed by atoms with van der Waals surface area (Å²) in [5, 5.41) is 3.42. The molecule has 2 atom stereocenters. The van der Waals surface area contributed by atoms with Gasteiger partial charge in [-0.1, -0.05) is 0 Å². The Kier molecular flexibility index (Phi) is 5.45. The van der Waals surface area contributed by atoms with Crippen LogP contribution >= 0.6 is 0 Å². The van der Waals surface area contributed by atoms with Gasteiger partial charge in [0.25, 0.3) is 0 Å². The predicted molar refractivity (Wildman–Crippen MR) is 57.5 cm³/mol. The van der Waals surface area contributed by atoms with Gasteiger partial charge in [-0.25, -0.2) is 0 Å². The highest BCUT2D eigenvalue weighted by Crippen LogP contribution is 2.10. The summed E-state index contributed by atoms with van der Waals surface area (Å²) in [6, 6.07) is 0.654. The molecule has 0 aromatic heterocycles. The van der Waals surface area contributed by atoms with Crippen LogP contribution in [0.1, 0.15) is 33.6 Å². The van der Waals surface area contributed by atoms with Gasteiger partial charge < -0.3 is 14.8 Å². The van der Waals surface area contributed by atoms with Gasteiger partial charge in [-0.2, -0.15) is 0 Å². The maximum atomic E-state index is 5.69. The Hall–Kier alpha value is -0.120. The van der Waals surface area contributed by atoms with E-state index < -0.39 is 0 Å². The van der Waals surface area contributed by atoms with Crippen molar-refractivity contribution in [3.63, 3.8) is 0 Å². The van der Waals surface area contributed by atoms with Gasteiger partial charge in [0.1, 0.15) is 0 Å². The maximum absolute atomic E-state index is 5.69. The third kappa shape index (κ3) is 4.94. The molecule has 1 rings (SSSR count). The fourth-order valence-corrected chi connectivity index (χ4v) is 1.61. The SMILES string of the molecule is CC1CCC(OCCOC(C)C)CN1. The van der Waals surface area contributed by atoms with E-state index in [9.17, 15) is 0 Å². The van der Waals surface area contributed by atoms with Crippen LogP contribution in [0.5, 0.6) is 0 Å². The lowest BCUT2D eigenvalue weighted by atomic mass is 10.0. The predicted octanol–water partition coefficient (Wildman–Crippen LogP) is 1.57. The van der Waals surface area contributed by atoms with Crippen molar-refractivity contribution >= 4 is 0 Å². The number of nitrogens with one attached hydrogen (secondary N) is 1. The van der Waals surface area contributed by atoms with Crippen molar-refractivity contribution in [3.05, 3.63) is 0 Å². The highest BCUT2D eigenvalue weighted by molar-refractivity contribution is 4.74. The summed E-state index contributed by atoms with van der Waals surface area (Å²) in [6.07, 6.45) is 3.09.